The van der Waals surface area contributed by atoms with Gasteiger partial charge in [-0.25, -0.2) is 4.79 Å². The predicted octanol–water partition coefficient (Wildman–Crippen LogP) is 0.450. The molecule has 0 saturated carbocycles. The van der Waals surface area contributed by atoms with Crippen LogP contribution in [0.1, 0.15) is 6.92 Å². The van der Waals surface area contributed by atoms with E-state index in [0.29, 0.717) is 0 Å². The van der Waals surface area contributed by atoms with Gasteiger partial charge in [-0.3, -0.25) is 0 Å². The minimum absolute atomic E-state index is 0. The molecule has 0 aliphatic carbocycles. The third-order valence-electron chi connectivity index (χ3n) is 0.634. The first kappa shape index (κ1) is 11.3. The van der Waals surface area contributed by atoms with E-state index >= 15 is 0 Å². The second-order valence-electron chi connectivity index (χ2n) is 1.43. The van der Waals surface area contributed by atoms with Crippen LogP contribution in [-0.4, -0.2) is 23.9 Å². The van der Waals surface area contributed by atoms with Crippen molar-refractivity contribution in [2.24, 2.45) is 5.73 Å². The van der Waals surface area contributed by atoms with Crippen molar-refractivity contribution in [2.75, 3.05) is 6.54 Å². The minimum Gasteiger partial charge on any atom is -0.450 e. The van der Waals surface area contributed by atoms with Crippen LogP contribution in [0.5, 0.6) is 0 Å². The smallest absolute Gasteiger partial charge is 0.450 e. The first-order chi connectivity index (χ1) is 3.66. The highest BCUT2D eigenvalue weighted by Gasteiger charge is 2.02. The van der Waals surface area contributed by atoms with Crippen LogP contribution in [0.3, 0.4) is 0 Å². The molecule has 0 saturated heterocycles. The van der Waals surface area contributed by atoms with Gasteiger partial charge in [-0.15, -0.1) is 12.4 Å². The first-order valence-electron chi connectivity index (χ1n) is 2.26. The summed E-state index contributed by atoms with van der Waals surface area (Å²) >= 11 is 0. The normalized spacial score (nSPS) is 11.3. The Labute approximate surface area is 59.4 Å². The van der Waals surface area contributed by atoms with Gasteiger partial charge in [0.25, 0.3) is 0 Å². The van der Waals surface area contributed by atoms with E-state index in [9.17, 15) is 4.79 Å². The standard InChI is InChI=1S/C4H9NO3.ClH/c1-3(2-5)8-4(6)7;/h3H,2,5H2,1H3,(H,6,7);1H. The largest absolute Gasteiger partial charge is 0.506 e. The Kier molecular flexibility index (Phi) is 7.12. The van der Waals surface area contributed by atoms with Gasteiger partial charge in [-0.1, -0.05) is 0 Å². The van der Waals surface area contributed by atoms with E-state index in [4.69, 9.17) is 10.8 Å². The molecular weight excluding hydrogens is 146 g/mol. The molecule has 0 radical (unpaired) electrons. The number of hydrogen-bond acceptors (Lipinski definition) is 3. The van der Waals surface area contributed by atoms with Gasteiger partial charge >= 0.3 is 6.16 Å². The molecule has 1 atom stereocenters. The summed E-state index contributed by atoms with van der Waals surface area (Å²) in [6.07, 6.45) is -1.67. The van der Waals surface area contributed by atoms with Crippen LogP contribution in [0.4, 0.5) is 4.79 Å². The maximum atomic E-state index is 9.69. The summed E-state index contributed by atoms with van der Waals surface area (Å²) in [5, 5.41) is 7.94. The van der Waals surface area contributed by atoms with Gasteiger partial charge in [-0.2, -0.15) is 0 Å². The SMILES string of the molecule is CC(CN)OC(=O)O.Cl. The molecule has 0 aromatic carbocycles. The third-order valence-corrected chi connectivity index (χ3v) is 0.634. The van der Waals surface area contributed by atoms with Gasteiger partial charge in [0.1, 0.15) is 6.10 Å². The number of nitrogens with two attached hydrogens (primary N) is 1. The van der Waals surface area contributed by atoms with E-state index in [2.05, 4.69) is 4.74 Å². The molecule has 0 bridgehead atoms. The highest BCUT2D eigenvalue weighted by molar-refractivity contribution is 5.85. The molecule has 0 rings (SSSR count). The fraction of sp³-hybridized carbons (Fsp3) is 0.750. The predicted molar refractivity (Wildman–Crippen MR) is 34.9 cm³/mol. The van der Waals surface area contributed by atoms with Gasteiger partial charge in [0.2, 0.25) is 0 Å². The molecule has 0 heterocycles. The molecule has 0 aliphatic rings. The Morgan fingerprint density at radius 1 is 1.89 bits per heavy atom. The van der Waals surface area contributed by atoms with Crippen LogP contribution in [0.2, 0.25) is 0 Å². The average Bonchev–Trinajstić information content (AvgIpc) is 1.65. The molecule has 4 nitrogen and oxygen atoms in total. The fourth-order valence-corrected chi connectivity index (χ4v) is 0.220. The number of carboxylic acid groups (broad SMARTS) is 1. The summed E-state index contributed by atoms with van der Waals surface area (Å²) in [5.74, 6) is 0. The zero-order valence-corrected chi connectivity index (χ0v) is 5.85. The molecule has 9 heavy (non-hydrogen) atoms. The summed E-state index contributed by atoms with van der Waals surface area (Å²) in [7, 11) is 0. The summed E-state index contributed by atoms with van der Waals surface area (Å²) in [4.78, 5) is 9.69. The summed E-state index contributed by atoms with van der Waals surface area (Å²) in [6, 6.07) is 0. The summed E-state index contributed by atoms with van der Waals surface area (Å²) in [6.45, 7) is 1.82. The molecule has 56 valence electrons. The van der Waals surface area contributed by atoms with E-state index in [-0.39, 0.29) is 19.0 Å². The first-order valence-corrected chi connectivity index (χ1v) is 2.26. The number of halogens is 1. The van der Waals surface area contributed by atoms with E-state index in [1.165, 1.54) is 0 Å². The number of rotatable bonds is 2. The van der Waals surface area contributed by atoms with Gasteiger partial charge in [0.05, 0.1) is 0 Å². The van der Waals surface area contributed by atoms with Gasteiger partial charge in [0, 0.05) is 6.54 Å². The molecule has 0 spiro atoms. The van der Waals surface area contributed by atoms with Crippen molar-refractivity contribution in [3.8, 4) is 0 Å². The van der Waals surface area contributed by atoms with Crippen molar-refractivity contribution in [1.82, 2.24) is 0 Å². The molecule has 0 aromatic rings. The number of ether oxygens (including phenoxy) is 1. The van der Waals surface area contributed by atoms with Crippen molar-refractivity contribution in [3.05, 3.63) is 0 Å². The van der Waals surface area contributed by atoms with Gasteiger partial charge in [-0.05, 0) is 6.92 Å². The molecule has 1 unspecified atom stereocenters. The van der Waals surface area contributed by atoms with Gasteiger partial charge < -0.3 is 15.6 Å². The molecule has 5 heteroatoms. The Bertz CT molecular complexity index is 87.9. The maximum Gasteiger partial charge on any atom is 0.506 e. The van der Waals surface area contributed by atoms with E-state index in [1.54, 1.807) is 6.92 Å². The molecule has 0 aliphatic heterocycles. The molecule has 3 N–H and O–H groups in total. The highest BCUT2D eigenvalue weighted by Crippen LogP contribution is 1.85. The van der Waals surface area contributed by atoms with E-state index < -0.39 is 12.3 Å². The molecule has 0 amide bonds. The van der Waals surface area contributed by atoms with Crippen LogP contribution < -0.4 is 5.73 Å². The van der Waals surface area contributed by atoms with Crippen molar-refractivity contribution in [3.63, 3.8) is 0 Å². The van der Waals surface area contributed by atoms with Crippen LogP contribution in [0, 0.1) is 0 Å². The van der Waals surface area contributed by atoms with Crippen molar-refractivity contribution < 1.29 is 14.6 Å². The summed E-state index contributed by atoms with van der Waals surface area (Å²) in [5.41, 5.74) is 5.03. The van der Waals surface area contributed by atoms with Crippen molar-refractivity contribution >= 4 is 18.6 Å². The maximum absolute atomic E-state index is 9.69. The Hall–Kier alpha value is -0.480. The lowest BCUT2D eigenvalue weighted by molar-refractivity contribution is 0.0622. The third kappa shape index (κ3) is 7.52. The minimum atomic E-state index is -1.28. The average molecular weight is 156 g/mol. The van der Waals surface area contributed by atoms with E-state index in [0.717, 1.165) is 0 Å². The fourth-order valence-electron chi connectivity index (χ4n) is 0.220. The van der Waals surface area contributed by atoms with Crippen molar-refractivity contribution in [1.29, 1.82) is 0 Å². The van der Waals surface area contributed by atoms with Crippen LogP contribution in [0.15, 0.2) is 0 Å². The Morgan fingerprint density at radius 3 is 2.44 bits per heavy atom. The summed E-state index contributed by atoms with van der Waals surface area (Å²) < 4.78 is 4.19. The zero-order valence-electron chi connectivity index (χ0n) is 5.03. The Balaban J connectivity index is 0. The van der Waals surface area contributed by atoms with Crippen molar-refractivity contribution in [2.45, 2.75) is 13.0 Å². The molecular formula is C4H10ClNO3. The highest BCUT2D eigenvalue weighted by atomic mass is 35.5. The number of hydrogen-bond donors (Lipinski definition) is 2. The molecule has 0 aromatic heterocycles. The lowest BCUT2D eigenvalue weighted by Crippen LogP contribution is -2.22. The second-order valence-corrected chi connectivity index (χ2v) is 1.43. The van der Waals surface area contributed by atoms with Gasteiger partial charge in [0.15, 0.2) is 0 Å². The topological polar surface area (TPSA) is 72.5 Å². The van der Waals surface area contributed by atoms with Crippen LogP contribution in [-0.2, 0) is 4.74 Å². The zero-order chi connectivity index (χ0) is 6.57. The van der Waals surface area contributed by atoms with Crippen LogP contribution in [0.25, 0.3) is 0 Å². The monoisotopic (exact) mass is 155 g/mol. The number of carbonyl (C=O) groups is 1. The lowest BCUT2D eigenvalue weighted by atomic mass is 10.4. The molecule has 0 fully saturated rings. The van der Waals surface area contributed by atoms with Crippen LogP contribution >= 0.6 is 12.4 Å². The van der Waals surface area contributed by atoms with E-state index in [1.807, 2.05) is 0 Å². The second kappa shape index (κ2) is 5.65. The lowest BCUT2D eigenvalue weighted by Gasteiger charge is -2.04. The quantitative estimate of drug-likeness (QED) is 0.568. The Morgan fingerprint density at radius 2 is 2.33 bits per heavy atom.